The van der Waals surface area contributed by atoms with Crippen molar-refractivity contribution < 1.29 is 13.3 Å². The predicted octanol–water partition coefficient (Wildman–Crippen LogP) is -0.387. The molecule has 0 fully saturated rings. The molecular formula is Ca2Cl2O3S. The first-order chi connectivity index (χ1) is 3.15. The van der Waals surface area contributed by atoms with Crippen molar-refractivity contribution in [3.8, 4) is 0 Å². The maximum absolute atomic E-state index is 8.44. The Bertz CT molecular complexity index is 46.5. The van der Waals surface area contributed by atoms with Crippen molar-refractivity contribution in [3.05, 3.63) is 0 Å². The molecule has 0 radical (unpaired) electrons. The van der Waals surface area contributed by atoms with E-state index in [9.17, 15) is 0 Å². The van der Waals surface area contributed by atoms with Crippen LogP contribution in [0.15, 0.2) is 0 Å². The number of hydrogen-bond acceptors (Lipinski definition) is 3. The Morgan fingerprint density at radius 1 is 1.38 bits per heavy atom. The first-order valence-corrected chi connectivity index (χ1v) is 8.11. The molecule has 0 aliphatic carbocycles. The van der Waals surface area contributed by atoms with Crippen LogP contribution >= 0.6 is 12.8 Å². The molecule has 0 spiro atoms. The van der Waals surface area contributed by atoms with Gasteiger partial charge >= 0.3 is 81.4 Å². The Labute approximate surface area is 103 Å². The standard InChI is InChI=1S/2Ca.2ClH.H2O3S/c;;;;1-4(2)3/h;;2*1H;(H2,1,2,3)/q2*+2;;;/p-4. The third kappa shape index (κ3) is 60.9. The van der Waals surface area contributed by atoms with Crippen LogP contribution < -0.4 is 0 Å². The molecule has 8 heavy (non-hydrogen) atoms. The quantitative estimate of drug-likeness (QED) is 0.421. The second-order valence-corrected chi connectivity index (χ2v) is 4.36. The zero-order valence-corrected chi connectivity index (χ0v) is 10.5. The van der Waals surface area contributed by atoms with Crippen LogP contribution in [-0.2, 0) is 11.4 Å². The van der Waals surface area contributed by atoms with Crippen LogP contribution in [0.4, 0.5) is 0 Å². The molecule has 0 unspecified atom stereocenters. The molecule has 0 saturated carbocycles. The van der Waals surface area contributed by atoms with Gasteiger partial charge in [0, 0.05) is 0 Å². The van der Waals surface area contributed by atoms with Crippen molar-refractivity contribution in [2.75, 3.05) is 0 Å². The molecule has 0 saturated heterocycles. The van der Waals surface area contributed by atoms with Crippen LogP contribution in [0.25, 0.3) is 0 Å². The van der Waals surface area contributed by atoms with Crippen molar-refractivity contribution in [3.63, 3.8) is 0 Å². The first kappa shape index (κ1) is 17.3. The van der Waals surface area contributed by atoms with Gasteiger partial charge in [-0.3, -0.25) is 4.21 Å². The summed E-state index contributed by atoms with van der Waals surface area (Å²) in [4.78, 5) is 0. The summed E-state index contributed by atoms with van der Waals surface area (Å²) >= 11 is -4.04. The molecule has 0 aliphatic heterocycles. The molecule has 0 aliphatic rings. The van der Waals surface area contributed by atoms with Crippen LogP contribution in [0.3, 0.4) is 0 Å². The predicted molar refractivity (Wildman–Crippen MR) is 32.9 cm³/mol. The molecule has 0 amide bonds. The molecule has 42 valence electrons. The summed E-state index contributed by atoms with van der Waals surface area (Å²) in [6.45, 7) is 0. The molecule has 3 nitrogen and oxygen atoms in total. The average Bonchev–Trinajstić information content (AvgIpc) is 1.33. The zero-order valence-electron chi connectivity index (χ0n) is 3.80. The fourth-order valence-corrected chi connectivity index (χ4v) is 0. The van der Waals surface area contributed by atoms with Gasteiger partial charge in [0.1, 0.15) is 0 Å². The maximum atomic E-state index is 8.44. The Hall–Kier alpha value is 3.17. The fraction of sp³-hybridized carbons (Fsp3) is 0. The van der Waals surface area contributed by atoms with E-state index in [0.717, 1.165) is 0 Å². The van der Waals surface area contributed by atoms with Gasteiger partial charge in [-0.25, -0.2) is 0 Å². The Balaban J connectivity index is -0.0000000575. The third-order valence-corrected chi connectivity index (χ3v) is 0. The van der Waals surface area contributed by atoms with Crippen LogP contribution in [0, 0.1) is 0 Å². The molecule has 0 N–H and O–H groups in total. The van der Waals surface area contributed by atoms with Gasteiger partial charge in [0.25, 0.3) is 0 Å². The number of hydrogen-bond donors (Lipinski definition) is 0. The summed E-state index contributed by atoms with van der Waals surface area (Å²) in [7, 11) is 0. The molecule has 0 aromatic rings. The van der Waals surface area contributed by atoms with E-state index >= 15 is 0 Å². The summed E-state index contributed by atoms with van der Waals surface area (Å²) < 4.78 is 25.3. The monoisotopic (exact) mass is 230 g/mol. The van der Waals surface area contributed by atoms with Crippen molar-refractivity contribution in [1.82, 2.24) is 0 Å². The average molecular weight is 231 g/mol. The van der Waals surface area contributed by atoms with Crippen molar-refractivity contribution in [1.29, 1.82) is 0 Å². The Morgan fingerprint density at radius 3 is 1.38 bits per heavy atom. The van der Waals surface area contributed by atoms with E-state index in [-0.39, 0.29) is 37.7 Å². The summed E-state index contributed by atoms with van der Waals surface area (Å²) in [6, 6.07) is 0. The van der Waals surface area contributed by atoms with E-state index in [0.29, 0.717) is 0 Å². The molecule has 0 rings (SSSR count). The molecule has 8 heteroatoms. The van der Waals surface area contributed by atoms with Crippen molar-refractivity contribution in [2.24, 2.45) is 0 Å². The Kier molecular flexibility index (Phi) is 36.0. The third-order valence-electron chi connectivity index (χ3n) is 0. The van der Waals surface area contributed by atoms with E-state index in [1.165, 1.54) is 0 Å². The van der Waals surface area contributed by atoms with Crippen LogP contribution in [0.5, 0.6) is 0 Å². The van der Waals surface area contributed by atoms with E-state index < -0.39 is 42.2 Å². The van der Waals surface area contributed by atoms with Gasteiger partial charge in [-0.1, -0.05) is 0 Å². The van der Waals surface area contributed by atoms with Gasteiger partial charge in [0.2, 0.25) is 0 Å². The fourth-order valence-electron chi connectivity index (χ4n) is 0. The van der Waals surface area contributed by atoms with Gasteiger partial charge in [0.15, 0.2) is 0 Å². The minimum absolute atomic E-state index is 0. The molecule has 0 aromatic heterocycles. The van der Waals surface area contributed by atoms with Crippen LogP contribution in [0.1, 0.15) is 0 Å². The number of halogens is 2. The van der Waals surface area contributed by atoms with Crippen LogP contribution in [0.2, 0.25) is 0 Å². The second kappa shape index (κ2) is 16.6. The van der Waals surface area contributed by atoms with Gasteiger partial charge in [0.05, 0.1) is 0 Å². The van der Waals surface area contributed by atoms with E-state index in [1.54, 1.807) is 0 Å². The zero-order chi connectivity index (χ0) is 6.28. The molecular weight excluding hydrogens is 231 g/mol. The minimum atomic E-state index is -3.11. The molecule has 0 aromatic carbocycles. The van der Waals surface area contributed by atoms with E-state index in [1.807, 2.05) is 0 Å². The topological polar surface area (TPSA) is 63.2 Å². The molecule has 0 atom stereocenters. The summed E-state index contributed by atoms with van der Waals surface area (Å²) in [5.74, 6) is 0. The first-order valence-electron chi connectivity index (χ1n) is 1.03. The SMILES string of the molecule is O=S([O-])[O-].[Ca+2].[Cl][Ca][Cl]. The van der Waals surface area contributed by atoms with Crippen molar-refractivity contribution >= 4 is 92.7 Å². The van der Waals surface area contributed by atoms with E-state index in [2.05, 4.69) is 0 Å². The van der Waals surface area contributed by atoms with Gasteiger partial charge in [-0.15, -0.1) is 11.4 Å². The summed E-state index contributed by atoms with van der Waals surface area (Å²) in [5, 5.41) is 0. The van der Waals surface area contributed by atoms with Crippen LogP contribution in [-0.4, -0.2) is 81.9 Å². The van der Waals surface area contributed by atoms with Gasteiger partial charge in [-0.05, 0) is 0 Å². The molecule has 0 heterocycles. The van der Waals surface area contributed by atoms with Gasteiger partial charge < -0.3 is 9.11 Å². The van der Waals surface area contributed by atoms with E-state index in [4.69, 9.17) is 26.1 Å². The Morgan fingerprint density at radius 2 is 1.38 bits per heavy atom. The second-order valence-electron chi connectivity index (χ2n) is 0.305. The molecule has 0 bridgehead atoms. The summed E-state index contributed by atoms with van der Waals surface area (Å²) in [6.07, 6.45) is 9.90. The normalized spacial score (nSPS) is 5.62. The van der Waals surface area contributed by atoms with Gasteiger partial charge in [-0.2, -0.15) is 0 Å². The van der Waals surface area contributed by atoms with Crippen molar-refractivity contribution in [2.45, 2.75) is 0 Å². The summed E-state index contributed by atoms with van der Waals surface area (Å²) in [5.41, 5.74) is 0. The number of rotatable bonds is 0.